The SMILES string of the molecule is O=C1c2ccccc2N[C@H](c2ccc(OCc3ccc(Cl)cc3)cc2)N1c1ccc(F)cc1. The predicted molar refractivity (Wildman–Crippen MR) is 128 cm³/mol. The lowest BCUT2D eigenvalue weighted by Crippen LogP contribution is -2.43. The van der Waals surface area contributed by atoms with Gasteiger partial charge in [0.15, 0.2) is 0 Å². The molecule has 4 nitrogen and oxygen atoms in total. The summed E-state index contributed by atoms with van der Waals surface area (Å²) in [5.74, 6) is 0.212. The molecule has 4 aromatic rings. The number of nitrogens with zero attached hydrogens (tertiary/aromatic N) is 1. The Morgan fingerprint density at radius 3 is 2.30 bits per heavy atom. The number of rotatable bonds is 5. The Labute approximate surface area is 196 Å². The number of nitrogens with one attached hydrogen (secondary N) is 1. The van der Waals surface area contributed by atoms with Crippen LogP contribution in [-0.4, -0.2) is 5.91 Å². The Hall–Kier alpha value is -3.83. The average molecular weight is 459 g/mol. The first-order valence-corrected chi connectivity index (χ1v) is 10.9. The van der Waals surface area contributed by atoms with E-state index in [9.17, 15) is 9.18 Å². The van der Waals surface area contributed by atoms with Crippen molar-refractivity contribution >= 4 is 28.9 Å². The molecule has 0 aliphatic carbocycles. The Balaban J connectivity index is 1.42. The largest absolute Gasteiger partial charge is 0.489 e. The standard InChI is InChI=1S/C27H20ClFN2O2/c28-20-9-5-18(6-10-20)17-33-23-15-7-19(8-16-23)26-30-25-4-2-1-3-24(25)27(32)31(26)22-13-11-21(29)12-14-22/h1-16,26,30H,17H2/t26-/m0/s1. The molecule has 0 bridgehead atoms. The first-order chi connectivity index (χ1) is 16.1. The van der Waals surface area contributed by atoms with E-state index in [0.29, 0.717) is 28.6 Å². The average Bonchev–Trinajstić information content (AvgIpc) is 2.85. The summed E-state index contributed by atoms with van der Waals surface area (Å²) in [6.45, 7) is 0.422. The number of hydrogen-bond acceptors (Lipinski definition) is 3. The number of ether oxygens (including phenoxy) is 1. The van der Waals surface area contributed by atoms with Crippen LogP contribution >= 0.6 is 11.6 Å². The number of halogens is 2. The van der Waals surface area contributed by atoms with Crippen LogP contribution in [0.4, 0.5) is 15.8 Å². The molecule has 0 fully saturated rings. The molecular weight excluding hydrogens is 439 g/mol. The van der Waals surface area contributed by atoms with Crippen molar-refractivity contribution in [2.24, 2.45) is 0 Å². The topological polar surface area (TPSA) is 41.6 Å². The van der Waals surface area contributed by atoms with E-state index in [0.717, 1.165) is 16.8 Å². The molecule has 1 aliphatic rings. The molecular formula is C27H20ClFN2O2. The summed E-state index contributed by atoms with van der Waals surface area (Å²) in [4.78, 5) is 15.0. The van der Waals surface area contributed by atoms with Crippen LogP contribution in [0, 0.1) is 5.82 Å². The fourth-order valence-electron chi connectivity index (χ4n) is 3.85. The van der Waals surface area contributed by atoms with E-state index in [-0.39, 0.29) is 11.7 Å². The van der Waals surface area contributed by atoms with Crippen LogP contribution in [-0.2, 0) is 6.61 Å². The highest BCUT2D eigenvalue weighted by atomic mass is 35.5. The Bertz CT molecular complexity index is 1280. The predicted octanol–water partition coefficient (Wildman–Crippen LogP) is 6.83. The second-order valence-corrected chi connectivity index (χ2v) is 8.16. The molecule has 4 aromatic carbocycles. The van der Waals surface area contributed by atoms with E-state index in [1.807, 2.05) is 66.7 Å². The monoisotopic (exact) mass is 458 g/mol. The normalized spacial score (nSPS) is 15.0. The third kappa shape index (κ3) is 4.41. The summed E-state index contributed by atoms with van der Waals surface area (Å²) in [5.41, 5.74) is 3.83. The van der Waals surface area contributed by atoms with E-state index < -0.39 is 6.17 Å². The molecule has 33 heavy (non-hydrogen) atoms. The number of anilines is 2. The first kappa shape index (κ1) is 21.0. The minimum Gasteiger partial charge on any atom is -0.489 e. The van der Waals surface area contributed by atoms with Crippen molar-refractivity contribution in [3.8, 4) is 5.75 Å². The van der Waals surface area contributed by atoms with Gasteiger partial charge in [0.05, 0.1) is 5.56 Å². The molecule has 1 N–H and O–H groups in total. The van der Waals surface area contributed by atoms with E-state index in [2.05, 4.69) is 5.32 Å². The van der Waals surface area contributed by atoms with Gasteiger partial charge in [-0.1, -0.05) is 48.0 Å². The van der Waals surface area contributed by atoms with Crippen molar-refractivity contribution in [2.75, 3.05) is 10.2 Å². The lowest BCUT2D eigenvalue weighted by Gasteiger charge is -2.38. The van der Waals surface area contributed by atoms with Gasteiger partial charge < -0.3 is 10.1 Å². The van der Waals surface area contributed by atoms with Gasteiger partial charge in [0.2, 0.25) is 0 Å². The maximum absolute atomic E-state index is 13.5. The minimum absolute atomic E-state index is 0.149. The Morgan fingerprint density at radius 2 is 1.58 bits per heavy atom. The van der Waals surface area contributed by atoms with Gasteiger partial charge in [-0.3, -0.25) is 9.69 Å². The molecule has 1 atom stereocenters. The van der Waals surface area contributed by atoms with Gasteiger partial charge in [-0.15, -0.1) is 0 Å². The fourth-order valence-corrected chi connectivity index (χ4v) is 3.97. The number of fused-ring (bicyclic) bond motifs is 1. The summed E-state index contributed by atoms with van der Waals surface area (Å²) in [6.07, 6.45) is -0.455. The molecule has 0 saturated heterocycles. The van der Waals surface area contributed by atoms with E-state index >= 15 is 0 Å². The number of benzene rings is 4. The highest BCUT2D eigenvalue weighted by Gasteiger charge is 2.34. The Kier molecular flexibility index (Phi) is 5.71. The summed E-state index contributed by atoms with van der Waals surface area (Å²) in [5, 5.41) is 4.13. The molecule has 0 radical (unpaired) electrons. The van der Waals surface area contributed by atoms with Crippen LogP contribution in [0.5, 0.6) is 5.75 Å². The third-order valence-corrected chi connectivity index (χ3v) is 5.80. The van der Waals surface area contributed by atoms with Crippen LogP contribution in [0.3, 0.4) is 0 Å². The van der Waals surface area contributed by atoms with Crippen molar-refractivity contribution in [1.29, 1.82) is 0 Å². The molecule has 0 saturated carbocycles. The van der Waals surface area contributed by atoms with E-state index in [1.54, 1.807) is 23.1 Å². The Morgan fingerprint density at radius 1 is 0.879 bits per heavy atom. The molecule has 1 amide bonds. The van der Waals surface area contributed by atoms with Gasteiger partial charge in [-0.05, 0) is 71.8 Å². The highest BCUT2D eigenvalue weighted by molar-refractivity contribution is 6.30. The summed E-state index contributed by atoms with van der Waals surface area (Å²) in [7, 11) is 0. The van der Waals surface area contributed by atoms with Crippen molar-refractivity contribution in [1.82, 2.24) is 0 Å². The fraction of sp³-hybridized carbons (Fsp3) is 0.0741. The number of para-hydroxylation sites is 1. The lowest BCUT2D eigenvalue weighted by atomic mass is 10.0. The molecule has 1 aliphatic heterocycles. The van der Waals surface area contributed by atoms with Crippen LogP contribution in [0.1, 0.15) is 27.7 Å². The van der Waals surface area contributed by atoms with Gasteiger partial charge in [0, 0.05) is 16.4 Å². The molecule has 0 unspecified atom stereocenters. The number of carbonyl (C=O) groups excluding carboxylic acids is 1. The van der Waals surface area contributed by atoms with Crippen LogP contribution in [0.2, 0.25) is 5.02 Å². The van der Waals surface area contributed by atoms with E-state index in [4.69, 9.17) is 16.3 Å². The quantitative estimate of drug-likeness (QED) is 0.356. The zero-order valence-electron chi connectivity index (χ0n) is 17.5. The smallest absolute Gasteiger partial charge is 0.262 e. The van der Waals surface area contributed by atoms with Gasteiger partial charge in [0.1, 0.15) is 24.3 Å². The van der Waals surface area contributed by atoms with Crippen molar-refractivity contribution in [3.63, 3.8) is 0 Å². The van der Waals surface area contributed by atoms with E-state index in [1.165, 1.54) is 12.1 Å². The maximum atomic E-state index is 13.5. The number of amides is 1. The molecule has 5 rings (SSSR count). The zero-order chi connectivity index (χ0) is 22.8. The lowest BCUT2D eigenvalue weighted by molar-refractivity contribution is 0.0975. The van der Waals surface area contributed by atoms with Gasteiger partial charge in [0.25, 0.3) is 5.91 Å². The summed E-state index contributed by atoms with van der Waals surface area (Å²) in [6, 6.07) is 28.4. The highest BCUT2D eigenvalue weighted by Crippen LogP contribution is 2.37. The van der Waals surface area contributed by atoms with Crippen molar-refractivity contribution in [3.05, 3.63) is 125 Å². The minimum atomic E-state index is -0.455. The molecule has 6 heteroatoms. The van der Waals surface area contributed by atoms with Crippen molar-refractivity contribution < 1.29 is 13.9 Å². The summed E-state index contributed by atoms with van der Waals surface area (Å²) >= 11 is 5.93. The maximum Gasteiger partial charge on any atom is 0.262 e. The molecule has 0 aromatic heterocycles. The van der Waals surface area contributed by atoms with Gasteiger partial charge in [-0.25, -0.2) is 4.39 Å². The van der Waals surface area contributed by atoms with Crippen LogP contribution in [0.15, 0.2) is 97.1 Å². The van der Waals surface area contributed by atoms with Crippen LogP contribution in [0.25, 0.3) is 0 Å². The first-order valence-electron chi connectivity index (χ1n) is 10.5. The number of carbonyl (C=O) groups is 1. The molecule has 0 spiro atoms. The molecule has 164 valence electrons. The second kappa shape index (κ2) is 8.96. The molecule has 1 heterocycles. The van der Waals surface area contributed by atoms with Gasteiger partial charge >= 0.3 is 0 Å². The van der Waals surface area contributed by atoms with Gasteiger partial charge in [-0.2, -0.15) is 0 Å². The third-order valence-electron chi connectivity index (χ3n) is 5.55. The van der Waals surface area contributed by atoms with Crippen molar-refractivity contribution in [2.45, 2.75) is 12.8 Å². The summed E-state index contributed by atoms with van der Waals surface area (Å²) < 4.78 is 19.4. The number of hydrogen-bond donors (Lipinski definition) is 1. The second-order valence-electron chi connectivity index (χ2n) is 7.73. The zero-order valence-corrected chi connectivity index (χ0v) is 18.3. The van der Waals surface area contributed by atoms with Crippen LogP contribution < -0.4 is 15.0 Å².